The molecule has 2 aliphatic rings. The van der Waals surface area contributed by atoms with Crippen molar-refractivity contribution in [2.24, 2.45) is 0 Å². The van der Waals surface area contributed by atoms with E-state index in [-0.39, 0.29) is 0 Å². The molecule has 2 aliphatic carbocycles. The van der Waals surface area contributed by atoms with Crippen LogP contribution >= 0.6 is 0 Å². The quantitative estimate of drug-likeness (QED) is 0.151. The van der Waals surface area contributed by atoms with Crippen molar-refractivity contribution in [3.63, 3.8) is 0 Å². The summed E-state index contributed by atoms with van der Waals surface area (Å²) in [4.78, 5) is 2.43. The Labute approximate surface area is 335 Å². The van der Waals surface area contributed by atoms with E-state index in [0.29, 0.717) is 0 Å². The Balaban J connectivity index is 1.11. The van der Waals surface area contributed by atoms with Gasteiger partial charge in [-0.25, -0.2) is 0 Å². The monoisotopic (exact) mass is 729 g/mol. The second kappa shape index (κ2) is 15.3. The number of allylic oxidation sites excluding steroid dienone is 4. The number of hydrogen-bond donors (Lipinski definition) is 0. The van der Waals surface area contributed by atoms with Crippen LogP contribution in [0.25, 0.3) is 61.4 Å². The van der Waals surface area contributed by atoms with Crippen molar-refractivity contribution < 1.29 is 0 Å². The van der Waals surface area contributed by atoms with E-state index in [1.807, 2.05) is 0 Å². The van der Waals surface area contributed by atoms with Gasteiger partial charge in [-0.1, -0.05) is 170 Å². The second-order valence-corrected chi connectivity index (χ2v) is 15.1. The van der Waals surface area contributed by atoms with Crippen molar-refractivity contribution in [2.75, 3.05) is 4.90 Å². The van der Waals surface area contributed by atoms with Crippen molar-refractivity contribution in [1.82, 2.24) is 0 Å². The van der Waals surface area contributed by atoms with Gasteiger partial charge >= 0.3 is 0 Å². The summed E-state index contributed by atoms with van der Waals surface area (Å²) in [5.74, 6) is 0. The van der Waals surface area contributed by atoms with Crippen LogP contribution in [0, 0.1) is 0 Å². The minimum absolute atomic E-state index is 1.01. The van der Waals surface area contributed by atoms with E-state index in [9.17, 15) is 0 Å². The zero-order valence-corrected chi connectivity index (χ0v) is 32.0. The maximum absolute atomic E-state index is 2.43. The van der Waals surface area contributed by atoms with Gasteiger partial charge in [0.25, 0.3) is 0 Å². The summed E-state index contributed by atoms with van der Waals surface area (Å²) in [5, 5.41) is 5.21. The van der Waals surface area contributed by atoms with Crippen LogP contribution in [0.2, 0.25) is 0 Å². The van der Waals surface area contributed by atoms with Gasteiger partial charge in [0.2, 0.25) is 0 Å². The van der Waals surface area contributed by atoms with E-state index < -0.39 is 0 Å². The molecule has 0 unspecified atom stereocenters. The van der Waals surface area contributed by atoms with Crippen LogP contribution in [-0.2, 0) is 0 Å². The van der Waals surface area contributed by atoms with Crippen LogP contribution < -0.4 is 15.3 Å². The zero-order chi connectivity index (χ0) is 38.0. The molecule has 8 aromatic carbocycles. The number of anilines is 3. The van der Waals surface area contributed by atoms with Gasteiger partial charge < -0.3 is 4.90 Å². The molecule has 0 bridgehead atoms. The Morgan fingerprint density at radius 1 is 0.404 bits per heavy atom. The third-order valence-electron chi connectivity index (χ3n) is 11.6. The van der Waals surface area contributed by atoms with E-state index in [4.69, 9.17) is 0 Å². The molecule has 0 aliphatic heterocycles. The van der Waals surface area contributed by atoms with Crippen molar-refractivity contribution in [3.05, 3.63) is 228 Å². The summed E-state index contributed by atoms with van der Waals surface area (Å²) < 4.78 is 0. The molecule has 0 N–H and O–H groups in total. The zero-order valence-electron chi connectivity index (χ0n) is 32.0. The number of fused-ring (bicyclic) bond motifs is 2. The highest BCUT2D eigenvalue weighted by molar-refractivity contribution is 5.97. The molecule has 0 saturated carbocycles. The summed E-state index contributed by atoms with van der Waals surface area (Å²) in [6, 6.07) is 69.2. The summed E-state index contributed by atoms with van der Waals surface area (Å²) in [6.07, 6.45) is 13.3. The van der Waals surface area contributed by atoms with E-state index in [1.54, 1.807) is 0 Å². The molecule has 57 heavy (non-hydrogen) atoms. The minimum atomic E-state index is 1.01. The first kappa shape index (κ1) is 34.5. The number of hydrogen-bond acceptors (Lipinski definition) is 1. The Kier molecular flexibility index (Phi) is 9.26. The van der Waals surface area contributed by atoms with Crippen LogP contribution in [0.1, 0.15) is 36.8 Å². The fraction of sp³-hybridized carbons (Fsp3) is 0.0714. The molecule has 1 heteroatoms. The van der Waals surface area contributed by atoms with Gasteiger partial charge in [-0.05, 0) is 145 Å². The highest BCUT2D eigenvalue weighted by Crippen LogP contribution is 2.42. The lowest BCUT2D eigenvalue weighted by molar-refractivity contribution is 1.05. The first-order valence-electron chi connectivity index (χ1n) is 20.2. The molecule has 272 valence electrons. The Morgan fingerprint density at radius 2 is 1.09 bits per heavy atom. The number of nitrogens with zero attached hydrogens (tertiary/aromatic N) is 1. The normalized spacial score (nSPS) is 13.5. The molecule has 1 nitrogen and oxygen atoms in total. The number of rotatable bonds is 8. The largest absolute Gasteiger partial charge is 0.310 e. The van der Waals surface area contributed by atoms with Gasteiger partial charge in [-0.2, -0.15) is 0 Å². The minimum Gasteiger partial charge on any atom is -0.310 e. The fourth-order valence-corrected chi connectivity index (χ4v) is 8.80. The summed E-state index contributed by atoms with van der Waals surface area (Å²) in [7, 11) is 0. The molecule has 8 aromatic rings. The first-order valence-corrected chi connectivity index (χ1v) is 20.2. The van der Waals surface area contributed by atoms with Crippen molar-refractivity contribution in [1.29, 1.82) is 0 Å². The van der Waals surface area contributed by atoms with Crippen molar-refractivity contribution in [2.45, 2.75) is 25.7 Å². The summed E-state index contributed by atoms with van der Waals surface area (Å²) >= 11 is 0. The lowest BCUT2D eigenvalue weighted by Crippen LogP contribution is -2.29. The van der Waals surface area contributed by atoms with Crippen molar-refractivity contribution in [3.8, 4) is 33.4 Å². The van der Waals surface area contributed by atoms with Crippen LogP contribution in [0.15, 0.2) is 206 Å². The topological polar surface area (TPSA) is 3.24 Å². The Morgan fingerprint density at radius 3 is 1.91 bits per heavy atom. The highest BCUT2D eigenvalue weighted by atomic mass is 15.1. The third kappa shape index (κ3) is 6.83. The van der Waals surface area contributed by atoms with Gasteiger partial charge in [-0.3, -0.25) is 0 Å². The van der Waals surface area contributed by atoms with Crippen LogP contribution in [0.4, 0.5) is 17.1 Å². The van der Waals surface area contributed by atoms with Gasteiger partial charge in [0.15, 0.2) is 0 Å². The Hall–Kier alpha value is -6.96. The average Bonchev–Trinajstić information content (AvgIpc) is 3.30. The van der Waals surface area contributed by atoms with E-state index >= 15 is 0 Å². The first-order chi connectivity index (χ1) is 28.3. The lowest BCUT2D eigenvalue weighted by atomic mass is 9.88. The molecular weight excluding hydrogens is 687 g/mol. The van der Waals surface area contributed by atoms with Crippen molar-refractivity contribution >= 4 is 45.1 Å². The van der Waals surface area contributed by atoms with Crippen LogP contribution in [0.5, 0.6) is 0 Å². The van der Waals surface area contributed by atoms with E-state index in [2.05, 4.69) is 217 Å². The molecule has 0 amide bonds. The molecule has 10 rings (SSSR count). The van der Waals surface area contributed by atoms with Gasteiger partial charge in [0.05, 0.1) is 0 Å². The molecule has 0 spiro atoms. The van der Waals surface area contributed by atoms with E-state index in [1.165, 1.54) is 76.9 Å². The predicted molar refractivity (Wildman–Crippen MR) is 243 cm³/mol. The van der Waals surface area contributed by atoms with Gasteiger partial charge in [0.1, 0.15) is 0 Å². The third-order valence-corrected chi connectivity index (χ3v) is 11.6. The number of benzene rings is 8. The average molecular weight is 730 g/mol. The lowest BCUT2D eigenvalue weighted by Gasteiger charge is -2.28. The summed E-state index contributed by atoms with van der Waals surface area (Å²) in [5.41, 5.74) is 16.2. The second-order valence-electron chi connectivity index (χ2n) is 15.1. The molecule has 0 atom stereocenters. The highest BCUT2D eigenvalue weighted by Gasteiger charge is 2.19. The molecule has 0 heterocycles. The predicted octanol–water partition coefficient (Wildman–Crippen LogP) is 13.8. The smallest absolute Gasteiger partial charge is 0.0468 e. The summed E-state index contributed by atoms with van der Waals surface area (Å²) in [6.45, 7) is 0. The molecule has 0 aromatic heterocycles. The maximum atomic E-state index is 2.43. The Bertz CT molecular complexity index is 2920. The van der Waals surface area contributed by atoms with Crippen LogP contribution in [0.3, 0.4) is 0 Å². The van der Waals surface area contributed by atoms with Crippen LogP contribution in [-0.4, -0.2) is 0 Å². The molecule has 0 radical (unpaired) electrons. The van der Waals surface area contributed by atoms with Gasteiger partial charge in [-0.15, -0.1) is 0 Å². The molecule has 0 saturated heterocycles. The molecular formula is C56H43N. The molecule has 0 fully saturated rings. The maximum Gasteiger partial charge on any atom is 0.0468 e. The SMILES string of the molecule is C1=CCCC(c2cc(N(c3ccc(C4=c5ccccc5=CCC4)cc3)c3ccc(-c4cccc5ccccc45)cc3)ccc2-c2cccc(-c3ccccc3)c2)=C1. The van der Waals surface area contributed by atoms with Gasteiger partial charge in [0, 0.05) is 17.1 Å². The fourth-order valence-electron chi connectivity index (χ4n) is 8.80. The standard InChI is InChI=1S/C56H43N/c1-3-14-40(15-4-1)46-22-11-23-47(38-46)55-37-36-50(39-56(55)43-16-5-2-6-17-43)57(48-32-28-44(29-33-48)53-26-12-20-41-18-7-9-24-51(41)53)49-34-30-45(31-35-49)54-27-13-21-42-19-8-10-25-52(42)54/h1-5,7-12,14-16,18-26,28-39H,6,13,17,27H2. The van der Waals surface area contributed by atoms with E-state index in [0.717, 1.165) is 42.7 Å².